The summed E-state index contributed by atoms with van der Waals surface area (Å²) in [6, 6.07) is 3.93. The number of ether oxygens (including phenoxy) is 1. The molecule has 0 spiro atoms. The summed E-state index contributed by atoms with van der Waals surface area (Å²) in [6.45, 7) is 7.82. The first kappa shape index (κ1) is 26.4. The number of rotatable bonds is 8. The number of carbonyl (C=O) groups is 1. The van der Waals surface area contributed by atoms with Gasteiger partial charge < -0.3 is 19.9 Å². The smallest absolute Gasteiger partial charge is 0.261 e. The van der Waals surface area contributed by atoms with Crippen LogP contribution in [0.1, 0.15) is 45.0 Å². The van der Waals surface area contributed by atoms with Gasteiger partial charge in [0.25, 0.3) is 5.89 Å². The lowest BCUT2D eigenvalue weighted by molar-refractivity contribution is -0.134. The Morgan fingerprint density at radius 1 is 1.13 bits per heavy atom. The summed E-state index contributed by atoms with van der Waals surface area (Å²) < 4.78 is 12.7. The first-order valence-electron chi connectivity index (χ1n) is 13.0. The molecule has 5 heterocycles. The molecule has 1 atom stereocenters. The lowest BCUT2D eigenvalue weighted by Crippen LogP contribution is -2.42. The molecule has 0 aromatic carbocycles. The molecule has 1 fully saturated rings. The standard InChI is InChI=1S/C27H33N9O3/c1-17(2)27(3,20-5-6-22(29-14-20)18-11-30-26(28)31-12-18)25-33-24(39-34-25)19-13-32-36(15-19)16-23(37)35-9-7-21(38-4)8-10-35/h5-6,11-15,17,21H,7-10,16H2,1-4H3,(H2,28,30,31). The third kappa shape index (κ3) is 5.37. The second kappa shape index (κ2) is 10.9. The van der Waals surface area contributed by atoms with Crippen LogP contribution in [0.5, 0.6) is 0 Å². The third-order valence-corrected chi connectivity index (χ3v) is 7.68. The highest BCUT2D eigenvalue weighted by atomic mass is 16.5. The average Bonchev–Trinajstić information content (AvgIpc) is 3.63. The van der Waals surface area contributed by atoms with Gasteiger partial charge in [0.1, 0.15) is 6.54 Å². The molecule has 12 heteroatoms. The van der Waals surface area contributed by atoms with Gasteiger partial charge in [-0.1, -0.05) is 25.1 Å². The second-order valence-electron chi connectivity index (χ2n) is 10.3. The Morgan fingerprint density at radius 2 is 1.87 bits per heavy atom. The zero-order chi connectivity index (χ0) is 27.6. The number of piperidine rings is 1. The number of methoxy groups -OCH3 is 1. The normalized spacial score (nSPS) is 16.0. The predicted octanol–water partition coefficient (Wildman–Crippen LogP) is 2.97. The number of likely N-dealkylation sites (tertiary alicyclic amines) is 1. The molecule has 0 bridgehead atoms. The van der Waals surface area contributed by atoms with Crippen molar-refractivity contribution in [2.45, 2.75) is 51.7 Å². The zero-order valence-electron chi connectivity index (χ0n) is 22.6. The van der Waals surface area contributed by atoms with Crippen LogP contribution in [0.4, 0.5) is 5.95 Å². The summed E-state index contributed by atoms with van der Waals surface area (Å²) >= 11 is 0. The number of aromatic nitrogens is 7. The number of nitrogens with two attached hydrogens (primary N) is 1. The monoisotopic (exact) mass is 531 g/mol. The number of pyridine rings is 1. The largest absolute Gasteiger partial charge is 0.381 e. The van der Waals surface area contributed by atoms with E-state index in [-0.39, 0.29) is 30.4 Å². The zero-order valence-corrected chi connectivity index (χ0v) is 22.6. The highest BCUT2D eigenvalue weighted by Gasteiger charge is 2.38. The second-order valence-corrected chi connectivity index (χ2v) is 10.3. The molecule has 39 heavy (non-hydrogen) atoms. The molecule has 1 amide bonds. The van der Waals surface area contributed by atoms with Gasteiger partial charge in [-0.05, 0) is 37.3 Å². The van der Waals surface area contributed by atoms with Crippen molar-refractivity contribution in [3.05, 3.63) is 54.5 Å². The Kier molecular flexibility index (Phi) is 7.38. The molecule has 4 aromatic rings. The molecule has 0 radical (unpaired) electrons. The summed E-state index contributed by atoms with van der Waals surface area (Å²) in [7, 11) is 1.71. The maximum Gasteiger partial charge on any atom is 0.261 e. The summed E-state index contributed by atoms with van der Waals surface area (Å²) in [4.78, 5) is 32.1. The molecular formula is C27H33N9O3. The SMILES string of the molecule is COC1CCN(C(=O)Cn2cc(-c3nc(C(C)(c4ccc(-c5cnc(N)nc5)nc4)C(C)C)no3)cn2)CC1. The number of nitrogen functional groups attached to an aromatic ring is 1. The van der Waals surface area contributed by atoms with Crippen LogP contribution in [0.2, 0.25) is 0 Å². The van der Waals surface area contributed by atoms with Crippen molar-refractivity contribution in [3.63, 3.8) is 0 Å². The van der Waals surface area contributed by atoms with Gasteiger partial charge in [-0.25, -0.2) is 9.97 Å². The summed E-state index contributed by atoms with van der Waals surface area (Å²) in [5.74, 6) is 1.27. The van der Waals surface area contributed by atoms with Crippen LogP contribution in [0.25, 0.3) is 22.7 Å². The Labute approximate surface area is 226 Å². The molecular weight excluding hydrogens is 498 g/mol. The minimum absolute atomic E-state index is 0.0271. The van der Waals surface area contributed by atoms with E-state index in [4.69, 9.17) is 20.0 Å². The van der Waals surface area contributed by atoms with E-state index in [0.29, 0.717) is 30.4 Å². The van der Waals surface area contributed by atoms with Gasteiger partial charge in [0, 0.05) is 50.6 Å². The summed E-state index contributed by atoms with van der Waals surface area (Å²) in [5, 5.41) is 8.70. The quantitative estimate of drug-likeness (QED) is 0.359. The molecule has 2 N–H and O–H groups in total. The van der Waals surface area contributed by atoms with Gasteiger partial charge in [0.2, 0.25) is 11.9 Å². The molecule has 1 aliphatic heterocycles. The highest BCUT2D eigenvalue weighted by Crippen LogP contribution is 2.38. The Hall–Kier alpha value is -4.19. The lowest BCUT2D eigenvalue weighted by atomic mass is 9.73. The van der Waals surface area contributed by atoms with E-state index >= 15 is 0 Å². The molecule has 1 saturated heterocycles. The first-order chi connectivity index (χ1) is 18.8. The van der Waals surface area contributed by atoms with Crippen LogP contribution in [-0.2, 0) is 21.5 Å². The van der Waals surface area contributed by atoms with E-state index in [1.807, 2.05) is 23.2 Å². The molecule has 0 aliphatic carbocycles. The molecule has 1 unspecified atom stereocenters. The first-order valence-corrected chi connectivity index (χ1v) is 13.0. The fraction of sp³-hybridized carbons (Fsp3) is 0.444. The highest BCUT2D eigenvalue weighted by molar-refractivity contribution is 5.76. The average molecular weight is 532 g/mol. The number of hydrogen-bond donors (Lipinski definition) is 1. The molecule has 4 aromatic heterocycles. The Morgan fingerprint density at radius 3 is 2.51 bits per heavy atom. The minimum atomic E-state index is -0.564. The Bertz CT molecular complexity index is 1410. The van der Waals surface area contributed by atoms with Crippen LogP contribution in [0, 0.1) is 5.92 Å². The number of nitrogens with zero attached hydrogens (tertiary/aromatic N) is 8. The van der Waals surface area contributed by atoms with Gasteiger partial charge in [0.15, 0.2) is 5.82 Å². The maximum atomic E-state index is 12.8. The van der Waals surface area contributed by atoms with Crippen molar-refractivity contribution < 1.29 is 14.1 Å². The summed E-state index contributed by atoms with van der Waals surface area (Å²) in [6.07, 6.45) is 10.4. The fourth-order valence-corrected chi connectivity index (χ4v) is 4.75. The van der Waals surface area contributed by atoms with Gasteiger partial charge in [-0.15, -0.1) is 0 Å². The van der Waals surface area contributed by atoms with Crippen molar-refractivity contribution >= 4 is 11.9 Å². The van der Waals surface area contributed by atoms with Crippen LogP contribution in [0.3, 0.4) is 0 Å². The topological polar surface area (TPSA) is 151 Å². The van der Waals surface area contributed by atoms with Crippen LogP contribution >= 0.6 is 0 Å². The van der Waals surface area contributed by atoms with Gasteiger partial charge in [0.05, 0.1) is 29.0 Å². The van der Waals surface area contributed by atoms with Crippen molar-refractivity contribution in [2.75, 3.05) is 25.9 Å². The van der Waals surface area contributed by atoms with Gasteiger partial charge in [-0.2, -0.15) is 10.1 Å². The van der Waals surface area contributed by atoms with Crippen molar-refractivity contribution in [3.8, 4) is 22.7 Å². The van der Waals surface area contributed by atoms with E-state index in [2.05, 4.69) is 46.0 Å². The number of anilines is 1. The summed E-state index contributed by atoms with van der Waals surface area (Å²) in [5.41, 5.74) is 8.15. The minimum Gasteiger partial charge on any atom is -0.381 e. The predicted molar refractivity (Wildman–Crippen MR) is 143 cm³/mol. The van der Waals surface area contributed by atoms with Gasteiger partial charge in [-0.3, -0.25) is 14.5 Å². The van der Waals surface area contributed by atoms with Crippen molar-refractivity contribution in [2.24, 2.45) is 5.92 Å². The van der Waals surface area contributed by atoms with Crippen LogP contribution in [0.15, 0.2) is 47.6 Å². The van der Waals surface area contributed by atoms with Crippen LogP contribution in [-0.4, -0.2) is 72.0 Å². The molecule has 204 valence electrons. The van der Waals surface area contributed by atoms with E-state index in [1.54, 1.807) is 36.6 Å². The molecule has 1 aliphatic rings. The lowest BCUT2D eigenvalue weighted by Gasteiger charge is -2.31. The van der Waals surface area contributed by atoms with Crippen LogP contribution < -0.4 is 5.73 Å². The molecule has 12 nitrogen and oxygen atoms in total. The molecule has 5 rings (SSSR count). The number of amides is 1. The molecule has 0 saturated carbocycles. The van der Waals surface area contributed by atoms with E-state index in [1.165, 1.54) is 0 Å². The number of carbonyl (C=O) groups excluding carboxylic acids is 1. The van der Waals surface area contributed by atoms with Gasteiger partial charge >= 0.3 is 0 Å². The van der Waals surface area contributed by atoms with Crippen molar-refractivity contribution in [1.29, 1.82) is 0 Å². The van der Waals surface area contributed by atoms with E-state index < -0.39 is 5.41 Å². The fourth-order valence-electron chi connectivity index (χ4n) is 4.75. The third-order valence-electron chi connectivity index (χ3n) is 7.68. The maximum absolute atomic E-state index is 12.8. The Balaban J connectivity index is 1.31. The number of hydrogen-bond acceptors (Lipinski definition) is 10. The van der Waals surface area contributed by atoms with E-state index in [0.717, 1.165) is 29.7 Å². The van der Waals surface area contributed by atoms with Crippen molar-refractivity contribution in [1.82, 2.24) is 39.8 Å². The van der Waals surface area contributed by atoms with E-state index in [9.17, 15) is 4.79 Å².